The number of fused-ring (bicyclic) bond motifs is 1. The lowest BCUT2D eigenvalue weighted by molar-refractivity contribution is -0.682. The Balaban J connectivity index is 1.61. The Kier molecular flexibility index (Phi) is 5.22. The summed E-state index contributed by atoms with van der Waals surface area (Å²) >= 11 is 0. The van der Waals surface area contributed by atoms with Crippen molar-refractivity contribution in [3.05, 3.63) is 72.6 Å². The number of rotatable bonds is 6. The van der Waals surface area contributed by atoms with Gasteiger partial charge < -0.3 is 5.32 Å². The first-order chi connectivity index (χ1) is 11.7. The van der Waals surface area contributed by atoms with Gasteiger partial charge in [0.1, 0.15) is 0 Å². The highest BCUT2D eigenvalue weighted by molar-refractivity contribution is 5.89. The number of hydrogen-bond acceptors (Lipinski definition) is 1. The van der Waals surface area contributed by atoms with Gasteiger partial charge in [-0.3, -0.25) is 4.79 Å². The minimum Gasteiger partial charge on any atom is -0.321 e. The summed E-state index contributed by atoms with van der Waals surface area (Å²) in [6.07, 6.45) is 7.43. The Morgan fingerprint density at radius 3 is 2.50 bits per heavy atom. The number of hydrogen-bond donors (Lipinski definition) is 1. The molecule has 0 atom stereocenters. The van der Waals surface area contributed by atoms with Gasteiger partial charge in [0.25, 0.3) is 5.91 Å². The molecule has 0 saturated heterocycles. The molecule has 3 rings (SSSR count). The first kappa shape index (κ1) is 16.2. The van der Waals surface area contributed by atoms with Gasteiger partial charge in [0.15, 0.2) is 12.4 Å². The van der Waals surface area contributed by atoms with Gasteiger partial charge in [-0.25, -0.2) is 0 Å². The third-order valence-electron chi connectivity index (χ3n) is 4.13. The van der Waals surface area contributed by atoms with Crippen molar-refractivity contribution in [1.82, 2.24) is 0 Å². The monoisotopic (exact) mass is 319 g/mol. The molecule has 122 valence electrons. The van der Waals surface area contributed by atoms with E-state index in [1.165, 1.54) is 23.8 Å². The molecule has 24 heavy (non-hydrogen) atoms. The summed E-state index contributed by atoms with van der Waals surface area (Å²) in [6.45, 7) is 2.50. The number of aromatic nitrogens is 1. The maximum absolute atomic E-state index is 12.2. The number of nitrogens with one attached hydrogen (secondary N) is 1. The summed E-state index contributed by atoms with van der Waals surface area (Å²) in [4.78, 5) is 12.2. The van der Waals surface area contributed by atoms with Gasteiger partial charge in [-0.2, -0.15) is 4.57 Å². The fourth-order valence-corrected chi connectivity index (χ4v) is 2.78. The quantitative estimate of drug-likeness (QED) is 0.682. The molecule has 0 spiro atoms. The maximum atomic E-state index is 12.2. The molecule has 0 aliphatic carbocycles. The van der Waals surface area contributed by atoms with Crippen LogP contribution in [0.2, 0.25) is 0 Å². The number of unbranched alkanes of at least 4 members (excludes halogenated alkanes) is 1. The van der Waals surface area contributed by atoms with E-state index in [2.05, 4.69) is 36.5 Å². The topological polar surface area (TPSA) is 33.0 Å². The zero-order valence-corrected chi connectivity index (χ0v) is 14.0. The standard InChI is InChI=1S/C21H22N2O/c1-2-3-6-17-9-11-20(12-10-17)22-21(24)16-23-14-13-18-7-4-5-8-19(18)15-23/h4-5,7-15H,2-3,6,16H2,1H3/p+1. The minimum atomic E-state index is -0.0170. The SMILES string of the molecule is CCCCc1ccc(NC(=O)C[n+]2ccc3ccccc3c2)cc1. The average molecular weight is 319 g/mol. The van der Waals surface area contributed by atoms with Crippen LogP contribution in [0.15, 0.2) is 67.0 Å². The van der Waals surface area contributed by atoms with Crippen LogP contribution in [-0.2, 0) is 17.8 Å². The maximum Gasteiger partial charge on any atom is 0.290 e. The molecule has 3 heteroatoms. The second-order valence-corrected chi connectivity index (χ2v) is 6.09. The summed E-state index contributed by atoms with van der Waals surface area (Å²) in [5.41, 5.74) is 2.17. The molecular formula is C21H23N2O+. The number of nitrogens with zero attached hydrogens (tertiary/aromatic N) is 1. The van der Waals surface area contributed by atoms with E-state index < -0.39 is 0 Å². The summed E-state index contributed by atoms with van der Waals surface area (Å²) in [7, 11) is 0. The van der Waals surface area contributed by atoms with E-state index in [9.17, 15) is 4.79 Å². The van der Waals surface area contributed by atoms with Crippen molar-refractivity contribution in [2.24, 2.45) is 0 Å². The van der Waals surface area contributed by atoms with E-state index in [0.717, 1.165) is 17.5 Å². The highest BCUT2D eigenvalue weighted by Crippen LogP contribution is 2.12. The Morgan fingerprint density at radius 2 is 1.75 bits per heavy atom. The van der Waals surface area contributed by atoms with Crippen LogP contribution in [0, 0.1) is 0 Å². The lowest BCUT2D eigenvalue weighted by atomic mass is 10.1. The lowest BCUT2D eigenvalue weighted by Crippen LogP contribution is -2.39. The summed E-state index contributed by atoms with van der Waals surface area (Å²) in [5, 5.41) is 5.27. The fraction of sp³-hybridized carbons (Fsp3) is 0.238. The number of carbonyl (C=O) groups is 1. The van der Waals surface area contributed by atoms with Crippen molar-refractivity contribution < 1.29 is 9.36 Å². The number of pyridine rings is 1. The van der Waals surface area contributed by atoms with E-state index >= 15 is 0 Å². The number of carbonyl (C=O) groups excluding carboxylic acids is 1. The Labute approximate surface area is 143 Å². The van der Waals surface area contributed by atoms with Crippen molar-refractivity contribution in [1.29, 1.82) is 0 Å². The molecule has 1 heterocycles. The van der Waals surface area contributed by atoms with E-state index in [1.807, 2.05) is 47.3 Å². The zero-order chi connectivity index (χ0) is 16.8. The molecular weight excluding hydrogens is 296 g/mol. The van der Waals surface area contributed by atoms with Crippen LogP contribution in [0.4, 0.5) is 5.69 Å². The van der Waals surface area contributed by atoms with Crippen molar-refractivity contribution in [3.8, 4) is 0 Å². The summed E-state index contributed by atoms with van der Waals surface area (Å²) in [5.74, 6) is -0.0170. The van der Waals surface area contributed by atoms with E-state index in [1.54, 1.807) is 0 Å². The molecule has 0 aliphatic rings. The predicted octanol–water partition coefficient (Wildman–Crippen LogP) is 4.11. The number of benzene rings is 2. The normalized spacial score (nSPS) is 10.7. The van der Waals surface area contributed by atoms with Crippen LogP contribution in [0.1, 0.15) is 25.3 Å². The van der Waals surface area contributed by atoms with E-state index in [4.69, 9.17) is 0 Å². The first-order valence-corrected chi connectivity index (χ1v) is 8.51. The van der Waals surface area contributed by atoms with Gasteiger partial charge >= 0.3 is 0 Å². The first-order valence-electron chi connectivity index (χ1n) is 8.51. The van der Waals surface area contributed by atoms with Crippen LogP contribution in [-0.4, -0.2) is 5.91 Å². The second kappa shape index (κ2) is 7.73. The van der Waals surface area contributed by atoms with Crippen LogP contribution >= 0.6 is 0 Å². The molecule has 1 amide bonds. The Bertz CT molecular complexity index is 825. The smallest absolute Gasteiger partial charge is 0.290 e. The van der Waals surface area contributed by atoms with Gasteiger partial charge in [0.2, 0.25) is 6.54 Å². The van der Waals surface area contributed by atoms with Crippen molar-refractivity contribution >= 4 is 22.4 Å². The fourth-order valence-electron chi connectivity index (χ4n) is 2.78. The number of amides is 1. The van der Waals surface area contributed by atoms with E-state index in [0.29, 0.717) is 6.54 Å². The van der Waals surface area contributed by atoms with E-state index in [-0.39, 0.29) is 5.91 Å². The predicted molar refractivity (Wildman–Crippen MR) is 97.8 cm³/mol. The van der Waals surface area contributed by atoms with Gasteiger partial charge in [-0.1, -0.05) is 43.7 Å². The molecule has 0 radical (unpaired) electrons. The van der Waals surface area contributed by atoms with Gasteiger partial charge in [-0.15, -0.1) is 0 Å². The van der Waals surface area contributed by atoms with Crippen molar-refractivity contribution in [3.63, 3.8) is 0 Å². The van der Waals surface area contributed by atoms with Crippen LogP contribution < -0.4 is 9.88 Å². The van der Waals surface area contributed by atoms with Crippen LogP contribution in [0.5, 0.6) is 0 Å². The molecule has 2 aromatic carbocycles. The van der Waals surface area contributed by atoms with Crippen LogP contribution in [0.25, 0.3) is 10.8 Å². The molecule has 3 aromatic rings. The van der Waals surface area contributed by atoms with Crippen molar-refractivity contribution in [2.45, 2.75) is 32.7 Å². The highest BCUT2D eigenvalue weighted by Gasteiger charge is 2.10. The molecule has 0 unspecified atom stereocenters. The molecule has 3 nitrogen and oxygen atoms in total. The second-order valence-electron chi connectivity index (χ2n) is 6.09. The zero-order valence-electron chi connectivity index (χ0n) is 14.0. The van der Waals surface area contributed by atoms with Crippen molar-refractivity contribution in [2.75, 3.05) is 5.32 Å². The number of aryl methyl sites for hydroxylation is 1. The summed E-state index contributed by atoms with van der Waals surface area (Å²) in [6, 6.07) is 18.3. The van der Waals surface area contributed by atoms with Crippen LogP contribution in [0.3, 0.4) is 0 Å². The molecule has 0 saturated carbocycles. The largest absolute Gasteiger partial charge is 0.321 e. The molecule has 1 N–H and O–H groups in total. The summed E-state index contributed by atoms with van der Waals surface area (Å²) < 4.78 is 1.91. The Morgan fingerprint density at radius 1 is 1.00 bits per heavy atom. The average Bonchev–Trinajstić information content (AvgIpc) is 2.61. The lowest BCUT2D eigenvalue weighted by Gasteiger charge is -2.05. The molecule has 1 aromatic heterocycles. The molecule has 0 bridgehead atoms. The number of anilines is 1. The third-order valence-corrected chi connectivity index (χ3v) is 4.13. The van der Waals surface area contributed by atoms with Gasteiger partial charge in [-0.05, 0) is 42.0 Å². The van der Waals surface area contributed by atoms with Gasteiger partial charge in [0, 0.05) is 17.1 Å². The molecule has 0 fully saturated rings. The Hall–Kier alpha value is -2.68. The molecule has 0 aliphatic heterocycles. The highest BCUT2D eigenvalue weighted by atomic mass is 16.1. The van der Waals surface area contributed by atoms with Gasteiger partial charge in [0.05, 0.1) is 0 Å². The minimum absolute atomic E-state index is 0.0170. The third kappa shape index (κ3) is 4.19.